The van der Waals surface area contributed by atoms with Crippen molar-refractivity contribution < 1.29 is 4.74 Å². The molecule has 7 nitrogen and oxygen atoms in total. The van der Waals surface area contributed by atoms with Crippen LogP contribution < -0.4 is 21.8 Å². The fourth-order valence-corrected chi connectivity index (χ4v) is 3.09. The van der Waals surface area contributed by atoms with Gasteiger partial charge in [0.2, 0.25) is 5.88 Å². The number of benzene rings is 2. The van der Waals surface area contributed by atoms with Gasteiger partial charge in [-0.25, -0.2) is 14.5 Å². The predicted octanol–water partition coefficient (Wildman–Crippen LogP) is 2.50. The Balaban J connectivity index is 2.04. The zero-order valence-electron chi connectivity index (χ0n) is 13.1. The lowest BCUT2D eigenvalue weighted by atomic mass is 9.83. The first kappa shape index (κ1) is 14.8. The number of hydrogen-bond donors (Lipinski definition) is 3. The van der Waals surface area contributed by atoms with Crippen LogP contribution in [0, 0.1) is 12.0 Å². The molecule has 0 fully saturated rings. The second kappa shape index (κ2) is 5.39. The third-order valence-corrected chi connectivity index (χ3v) is 4.22. The lowest BCUT2D eigenvalue weighted by molar-refractivity contribution is 0.426. The number of nitrogen functional groups attached to an aromatic ring is 2. The molecular weight excluding hydrogens is 316 g/mol. The highest BCUT2D eigenvalue weighted by Crippen LogP contribution is 2.46. The molecule has 0 saturated heterocycles. The van der Waals surface area contributed by atoms with Gasteiger partial charge in [0.1, 0.15) is 12.1 Å². The van der Waals surface area contributed by atoms with Crippen molar-refractivity contribution in [3.8, 4) is 11.6 Å². The molecule has 2 aromatic carbocycles. The summed E-state index contributed by atoms with van der Waals surface area (Å²) >= 11 is 0. The third kappa shape index (κ3) is 2.28. The van der Waals surface area contributed by atoms with Gasteiger partial charge < -0.3 is 16.3 Å². The first-order valence-electron chi connectivity index (χ1n) is 7.54. The minimum Gasteiger partial charge on any atom is -0.440 e. The average Bonchev–Trinajstić information content (AvgIpc) is 2.62. The summed E-state index contributed by atoms with van der Waals surface area (Å²) in [6.07, 6.45) is 1.33. The molecule has 0 aliphatic carbocycles. The van der Waals surface area contributed by atoms with Crippen molar-refractivity contribution in [3.63, 3.8) is 0 Å². The highest BCUT2D eigenvalue weighted by atomic mass is 16.5. The fourth-order valence-electron chi connectivity index (χ4n) is 3.09. The van der Waals surface area contributed by atoms with E-state index in [4.69, 9.17) is 28.3 Å². The lowest BCUT2D eigenvalue weighted by Crippen LogP contribution is -2.33. The summed E-state index contributed by atoms with van der Waals surface area (Å²) in [5, 5.41) is 8.36. The number of ether oxygens (including phenoxy) is 1. The molecular formula is C18H14N6O. The number of nitrogens with one attached hydrogen (secondary N) is 1. The van der Waals surface area contributed by atoms with Crippen LogP contribution >= 0.6 is 0 Å². The summed E-state index contributed by atoms with van der Waals surface area (Å²) < 4.78 is 7.02. The Hall–Kier alpha value is -3.79. The number of hydrogen-bond acceptors (Lipinski definition) is 5. The number of fused-ring (bicyclic) bond motifs is 2. The first-order chi connectivity index (χ1) is 12.1. The monoisotopic (exact) mass is 330 g/mol. The smallest absolute Gasteiger partial charge is 0.228 e. The summed E-state index contributed by atoms with van der Waals surface area (Å²) in [7, 11) is 0. The van der Waals surface area contributed by atoms with Gasteiger partial charge in [0.25, 0.3) is 0 Å². The van der Waals surface area contributed by atoms with Crippen molar-refractivity contribution >= 4 is 11.4 Å². The van der Waals surface area contributed by atoms with Gasteiger partial charge in [-0.1, -0.05) is 24.3 Å². The fraction of sp³-hybridized carbons (Fsp3) is 0.0556. The minimum atomic E-state index is -0.307. The molecule has 5 N–H and O–H groups in total. The van der Waals surface area contributed by atoms with Crippen LogP contribution in [0.15, 0.2) is 48.8 Å². The maximum atomic E-state index is 8.36. The second-order valence-corrected chi connectivity index (χ2v) is 5.76. The van der Waals surface area contributed by atoms with E-state index in [9.17, 15) is 0 Å². The molecule has 0 bridgehead atoms. The number of nitrogens with two attached hydrogens (primary N) is 2. The Morgan fingerprint density at radius 2 is 2.08 bits per heavy atom. The van der Waals surface area contributed by atoms with Gasteiger partial charge >= 0.3 is 0 Å². The van der Waals surface area contributed by atoms with Gasteiger partial charge in [-0.2, -0.15) is 0 Å². The molecule has 122 valence electrons. The summed E-state index contributed by atoms with van der Waals surface area (Å²) in [5.74, 6) is 6.38. The highest BCUT2D eigenvalue weighted by Gasteiger charge is 2.32. The van der Waals surface area contributed by atoms with Crippen molar-refractivity contribution in [2.24, 2.45) is 0 Å². The molecule has 0 saturated carbocycles. The molecule has 0 amide bonds. The molecule has 1 aliphatic heterocycles. The zero-order chi connectivity index (χ0) is 17.6. The van der Waals surface area contributed by atoms with Crippen LogP contribution in [0.3, 0.4) is 0 Å². The molecule has 1 atom stereocenters. The number of anilines is 1. The van der Waals surface area contributed by atoms with Gasteiger partial charge in [0.15, 0.2) is 11.2 Å². The lowest BCUT2D eigenvalue weighted by Gasteiger charge is -2.28. The largest absolute Gasteiger partial charge is 0.440 e. The Morgan fingerprint density at radius 3 is 2.84 bits per heavy atom. The van der Waals surface area contributed by atoms with Crippen molar-refractivity contribution in [2.75, 3.05) is 11.6 Å². The molecule has 0 spiro atoms. The topological polar surface area (TPSA) is 107 Å². The maximum absolute atomic E-state index is 8.36. The molecule has 1 aromatic heterocycles. The number of nitrogens with zero attached hydrogens (tertiary/aromatic N) is 3. The molecule has 3 aromatic rings. The molecule has 4 rings (SSSR count). The van der Waals surface area contributed by atoms with Crippen molar-refractivity contribution in [2.45, 2.75) is 5.92 Å². The van der Waals surface area contributed by atoms with Crippen molar-refractivity contribution in [1.29, 1.82) is 5.41 Å². The molecule has 0 radical (unpaired) electrons. The molecule has 25 heavy (non-hydrogen) atoms. The van der Waals surface area contributed by atoms with Gasteiger partial charge in [-0.15, -0.1) is 0 Å². The van der Waals surface area contributed by atoms with Crippen LogP contribution in [-0.2, 0) is 0 Å². The zero-order valence-corrected chi connectivity index (χ0v) is 13.1. The third-order valence-electron chi connectivity index (χ3n) is 4.22. The van der Waals surface area contributed by atoms with Crippen molar-refractivity contribution in [3.05, 3.63) is 82.4 Å². The van der Waals surface area contributed by atoms with Crippen LogP contribution in [0.5, 0.6) is 11.6 Å². The molecule has 7 heteroatoms. The van der Waals surface area contributed by atoms with E-state index in [-0.39, 0.29) is 11.4 Å². The first-order valence-corrected chi connectivity index (χ1v) is 7.54. The van der Waals surface area contributed by atoms with E-state index in [1.54, 1.807) is 18.2 Å². The Morgan fingerprint density at radius 1 is 1.24 bits per heavy atom. The van der Waals surface area contributed by atoms with Gasteiger partial charge in [-0.3, -0.25) is 5.41 Å². The summed E-state index contributed by atoms with van der Waals surface area (Å²) in [5.41, 5.74) is 9.48. The van der Waals surface area contributed by atoms with E-state index in [1.165, 1.54) is 6.33 Å². The highest BCUT2D eigenvalue weighted by molar-refractivity contribution is 5.62. The van der Waals surface area contributed by atoms with Gasteiger partial charge in [0.05, 0.1) is 12.1 Å². The molecule has 1 unspecified atom stereocenters. The van der Waals surface area contributed by atoms with E-state index in [0.29, 0.717) is 28.6 Å². The standard InChI is InChI=1S/C18H14N6O/c1-22-12-5-6-13-14(8-12)25-18-16(17(20)24(21)9-23-18)15(13)10-3-2-4-11(19)7-10/h2-9,15,20H,19,21H2. The van der Waals surface area contributed by atoms with Gasteiger partial charge in [0, 0.05) is 17.2 Å². The SMILES string of the molecule is [C-]#[N+]c1ccc2c(c1)Oc1ncn(N)c(=N)c1C2c1cccc(N)c1. The van der Waals surface area contributed by atoms with Crippen LogP contribution in [0.4, 0.5) is 11.4 Å². The minimum absolute atomic E-state index is 0.109. The van der Waals surface area contributed by atoms with Crippen LogP contribution in [0.2, 0.25) is 0 Å². The van der Waals surface area contributed by atoms with E-state index in [2.05, 4.69) is 9.83 Å². The maximum Gasteiger partial charge on any atom is 0.228 e. The van der Waals surface area contributed by atoms with Crippen LogP contribution in [0.25, 0.3) is 4.85 Å². The Bertz CT molecular complexity index is 1100. The van der Waals surface area contributed by atoms with E-state index < -0.39 is 0 Å². The van der Waals surface area contributed by atoms with Crippen LogP contribution in [0.1, 0.15) is 22.6 Å². The number of aromatic nitrogens is 2. The predicted molar refractivity (Wildman–Crippen MR) is 92.8 cm³/mol. The van der Waals surface area contributed by atoms with E-state index in [1.807, 2.05) is 24.3 Å². The Labute approximate surface area is 143 Å². The van der Waals surface area contributed by atoms with Crippen molar-refractivity contribution in [1.82, 2.24) is 9.66 Å². The van der Waals surface area contributed by atoms with Crippen LogP contribution in [-0.4, -0.2) is 9.66 Å². The normalized spacial score (nSPS) is 14.8. The summed E-state index contributed by atoms with van der Waals surface area (Å²) in [6, 6.07) is 12.7. The average molecular weight is 330 g/mol. The van der Waals surface area contributed by atoms with E-state index in [0.717, 1.165) is 15.8 Å². The van der Waals surface area contributed by atoms with Gasteiger partial charge in [-0.05, 0) is 23.8 Å². The molecule has 1 aliphatic rings. The Kier molecular flexibility index (Phi) is 3.18. The second-order valence-electron chi connectivity index (χ2n) is 5.76. The summed E-state index contributed by atoms with van der Waals surface area (Å²) in [4.78, 5) is 7.67. The summed E-state index contributed by atoms with van der Waals surface area (Å²) in [6.45, 7) is 7.20. The number of rotatable bonds is 1. The molecule has 2 heterocycles. The quantitative estimate of drug-likeness (QED) is 0.283. The van der Waals surface area contributed by atoms with E-state index >= 15 is 0 Å².